The summed E-state index contributed by atoms with van der Waals surface area (Å²) >= 11 is 0. The number of amides is 2. The Morgan fingerprint density at radius 3 is 2.09 bits per heavy atom. The molecule has 0 aliphatic heterocycles. The van der Waals surface area contributed by atoms with Crippen molar-refractivity contribution in [3.8, 4) is 22.9 Å². The summed E-state index contributed by atoms with van der Waals surface area (Å²) in [5.74, 6) is 0.997. The first-order chi connectivity index (χ1) is 15.4. The van der Waals surface area contributed by atoms with Crippen molar-refractivity contribution in [2.45, 2.75) is 13.8 Å². The second-order valence-electron chi connectivity index (χ2n) is 7.39. The van der Waals surface area contributed by atoms with Crippen LogP contribution in [0.25, 0.3) is 22.9 Å². The van der Waals surface area contributed by atoms with Gasteiger partial charge in [-0.15, -0.1) is 10.2 Å². The standard InChI is InChI=1S/C23H21N5O4/c1-14-4-6-16(7-5-14)21-25-26-22(31-21)17-8-10-18(11-9-17)23(30)28(3)13-20(29)24-19-12-15(2)32-27-19/h4-12H,13H2,1-3H3,(H,24,27,29). The number of nitrogens with one attached hydrogen (secondary N) is 1. The quantitative estimate of drug-likeness (QED) is 0.495. The summed E-state index contributed by atoms with van der Waals surface area (Å²) in [5.41, 5.74) is 3.10. The van der Waals surface area contributed by atoms with Gasteiger partial charge in [-0.05, 0) is 50.2 Å². The normalized spacial score (nSPS) is 10.7. The number of aromatic nitrogens is 3. The third kappa shape index (κ3) is 4.72. The molecule has 2 heterocycles. The van der Waals surface area contributed by atoms with E-state index in [0.29, 0.717) is 34.5 Å². The molecule has 0 aliphatic rings. The molecule has 0 fully saturated rings. The predicted octanol–water partition coefficient (Wildman–Crippen LogP) is 3.72. The van der Waals surface area contributed by atoms with Gasteiger partial charge in [-0.2, -0.15) is 0 Å². The van der Waals surface area contributed by atoms with Gasteiger partial charge in [-0.1, -0.05) is 22.9 Å². The molecule has 162 valence electrons. The maximum atomic E-state index is 12.7. The molecule has 0 unspecified atom stereocenters. The number of anilines is 1. The minimum atomic E-state index is -0.375. The number of carbonyl (C=O) groups is 2. The fourth-order valence-corrected chi connectivity index (χ4v) is 3.02. The van der Waals surface area contributed by atoms with Gasteiger partial charge in [-0.3, -0.25) is 9.59 Å². The Kier molecular flexibility index (Phi) is 5.80. The van der Waals surface area contributed by atoms with Crippen LogP contribution in [0.3, 0.4) is 0 Å². The lowest BCUT2D eigenvalue weighted by Crippen LogP contribution is -2.34. The molecule has 32 heavy (non-hydrogen) atoms. The molecule has 2 amide bonds. The number of rotatable bonds is 6. The fraction of sp³-hybridized carbons (Fsp3) is 0.174. The van der Waals surface area contributed by atoms with E-state index in [2.05, 4.69) is 20.7 Å². The molecule has 9 nitrogen and oxygen atoms in total. The van der Waals surface area contributed by atoms with Gasteiger partial charge < -0.3 is 19.2 Å². The van der Waals surface area contributed by atoms with Crippen molar-refractivity contribution in [2.24, 2.45) is 0 Å². The zero-order chi connectivity index (χ0) is 22.7. The molecule has 0 aliphatic carbocycles. The summed E-state index contributed by atoms with van der Waals surface area (Å²) in [5, 5.41) is 14.5. The summed E-state index contributed by atoms with van der Waals surface area (Å²) in [6.07, 6.45) is 0. The van der Waals surface area contributed by atoms with Crippen molar-refractivity contribution in [2.75, 3.05) is 18.9 Å². The Morgan fingerprint density at radius 2 is 1.53 bits per heavy atom. The first-order valence-electron chi connectivity index (χ1n) is 9.88. The topological polar surface area (TPSA) is 114 Å². The predicted molar refractivity (Wildman–Crippen MR) is 117 cm³/mol. The monoisotopic (exact) mass is 431 g/mol. The highest BCUT2D eigenvalue weighted by Crippen LogP contribution is 2.24. The second kappa shape index (κ2) is 8.84. The average molecular weight is 431 g/mol. The molecule has 2 aromatic carbocycles. The Balaban J connectivity index is 1.40. The third-order valence-electron chi connectivity index (χ3n) is 4.73. The summed E-state index contributed by atoms with van der Waals surface area (Å²) in [6.45, 7) is 3.60. The molecule has 4 aromatic rings. The highest BCUT2D eigenvalue weighted by Gasteiger charge is 2.17. The van der Waals surface area contributed by atoms with E-state index in [1.54, 1.807) is 44.3 Å². The molecular weight excluding hydrogens is 410 g/mol. The molecule has 0 bridgehead atoms. The highest BCUT2D eigenvalue weighted by atomic mass is 16.5. The molecule has 0 atom stereocenters. The first kappa shape index (κ1) is 21.0. The zero-order valence-corrected chi connectivity index (χ0v) is 17.8. The molecular formula is C23H21N5O4. The lowest BCUT2D eigenvalue weighted by atomic mass is 10.1. The maximum absolute atomic E-state index is 12.7. The number of hydrogen-bond acceptors (Lipinski definition) is 7. The van der Waals surface area contributed by atoms with E-state index in [4.69, 9.17) is 8.94 Å². The first-order valence-corrected chi connectivity index (χ1v) is 9.88. The van der Waals surface area contributed by atoms with Crippen LogP contribution >= 0.6 is 0 Å². The van der Waals surface area contributed by atoms with Crippen LogP contribution in [0.1, 0.15) is 21.7 Å². The van der Waals surface area contributed by atoms with Crippen LogP contribution in [-0.2, 0) is 4.79 Å². The molecule has 2 aromatic heterocycles. The lowest BCUT2D eigenvalue weighted by Gasteiger charge is -2.16. The summed E-state index contributed by atoms with van der Waals surface area (Å²) in [4.78, 5) is 26.1. The van der Waals surface area contributed by atoms with E-state index in [9.17, 15) is 9.59 Å². The fourth-order valence-electron chi connectivity index (χ4n) is 3.02. The third-order valence-corrected chi connectivity index (χ3v) is 4.73. The molecule has 0 radical (unpaired) electrons. The molecule has 4 rings (SSSR count). The Hall–Kier alpha value is -4.27. The maximum Gasteiger partial charge on any atom is 0.254 e. The molecule has 0 spiro atoms. The molecule has 9 heteroatoms. The number of hydrogen-bond donors (Lipinski definition) is 1. The summed E-state index contributed by atoms with van der Waals surface area (Å²) in [6, 6.07) is 16.2. The Bertz CT molecular complexity index is 1240. The molecule has 0 saturated heterocycles. The SMILES string of the molecule is Cc1ccc(-c2nnc(-c3ccc(C(=O)N(C)CC(=O)Nc4cc(C)on4)cc3)o2)cc1. The van der Waals surface area contributed by atoms with Crippen LogP contribution in [0.15, 0.2) is 63.5 Å². The summed E-state index contributed by atoms with van der Waals surface area (Å²) in [7, 11) is 1.55. The highest BCUT2D eigenvalue weighted by molar-refractivity contribution is 5.99. The van der Waals surface area contributed by atoms with Crippen LogP contribution in [-0.4, -0.2) is 45.7 Å². The van der Waals surface area contributed by atoms with Gasteiger partial charge in [0.25, 0.3) is 5.91 Å². The van der Waals surface area contributed by atoms with Crippen molar-refractivity contribution in [1.29, 1.82) is 0 Å². The lowest BCUT2D eigenvalue weighted by molar-refractivity contribution is -0.116. The second-order valence-corrected chi connectivity index (χ2v) is 7.39. The van der Waals surface area contributed by atoms with E-state index in [-0.39, 0.29) is 18.4 Å². The van der Waals surface area contributed by atoms with Crippen molar-refractivity contribution < 1.29 is 18.5 Å². The van der Waals surface area contributed by atoms with Gasteiger partial charge in [0.05, 0.1) is 6.54 Å². The Morgan fingerprint density at radius 1 is 0.938 bits per heavy atom. The van der Waals surface area contributed by atoms with Gasteiger partial charge in [0.1, 0.15) is 5.76 Å². The van der Waals surface area contributed by atoms with Crippen molar-refractivity contribution in [3.63, 3.8) is 0 Å². The number of benzene rings is 2. The van der Waals surface area contributed by atoms with Crippen LogP contribution in [0.2, 0.25) is 0 Å². The minimum Gasteiger partial charge on any atom is -0.416 e. The smallest absolute Gasteiger partial charge is 0.254 e. The van der Waals surface area contributed by atoms with E-state index in [1.165, 1.54) is 4.90 Å². The van der Waals surface area contributed by atoms with Crippen molar-refractivity contribution in [3.05, 3.63) is 71.5 Å². The summed E-state index contributed by atoms with van der Waals surface area (Å²) < 4.78 is 10.7. The largest absolute Gasteiger partial charge is 0.416 e. The van der Waals surface area contributed by atoms with Gasteiger partial charge in [0.15, 0.2) is 5.82 Å². The minimum absolute atomic E-state index is 0.129. The zero-order valence-electron chi connectivity index (χ0n) is 17.8. The van der Waals surface area contributed by atoms with Crippen LogP contribution in [0.5, 0.6) is 0 Å². The number of likely N-dealkylation sites (N-methyl/N-ethyl adjacent to an activating group) is 1. The van der Waals surface area contributed by atoms with Crippen LogP contribution < -0.4 is 5.32 Å². The molecule has 0 saturated carbocycles. The molecule has 1 N–H and O–H groups in total. The van der Waals surface area contributed by atoms with E-state index < -0.39 is 0 Å². The number of carbonyl (C=O) groups excluding carboxylic acids is 2. The van der Waals surface area contributed by atoms with Crippen LogP contribution in [0.4, 0.5) is 5.82 Å². The number of aryl methyl sites for hydroxylation is 2. The number of nitrogens with zero attached hydrogens (tertiary/aromatic N) is 4. The Labute approximate surface area is 184 Å². The van der Waals surface area contributed by atoms with E-state index in [1.807, 2.05) is 31.2 Å². The van der Waals surface area contributed by atoms with Crippen molar-refractivity contribution in [1.82, 2.24) is 20.3 Å². The van der Waals surface area contributed by atoms with Gasteiger partial charge in [0, 0.05) is 29.8 Å². The van der Waals surface area contributed by atoms with E-state index >= 15 is 0 Å². The average Bonchev–Trinajstić information content (AvgIpc) is 3.43. The van der Waals surface area contributed by atoms with Gasteiger partial charge in [0.2, 0.25) is 17.7 Å². The van der Waals surface area contributed by atoms with Crippen LogP contribution in [0, 0.1) is 13.8 Å². The van der Waals surface area contributed by atoms with Crippen molar-refractivity contribution >= 4 is 17.6 Å². The van der Waals surface area contributed by atoms with Gasteiger partial charge in [-0.25, -0.2) is 0 Å². The van der Waals surface area contributed by atoms with E-state index in [0.717, 1.165) is 11.1 Å². The van der Waals surface area contributed by atoms with Gasteiger partial charge >= 0.3 is 0 Å².